The minimum absolute atomic E-state index is 0.0741. The molecule has 1 aromatic heterocycles. The molecule has 1 rings (SSSR count). The molecule has 0 radical (unpaired) electrons. The molecule has 0 fully saturated rings. The van der Waals surface area contributed by atoms with E-state index in [0.717, 1.165) is 12.1 Å². The van der Waals surface area contributed by atoms with Crippen molar-refractivity contribution in [2.45, 2.75) is 27.2 Å². The van der Waals surface area contributed by atoms with E-state index in [9.17, 15) is 4.79 Å². The fraction of sp³-hybridized carbons (Fsp3) is 0.600. The van der Waals surface area contributed by atoms with Gasteiger partial charge >= 0.3 is 0 Å². The molecule has 0 aliphatic heterocycles. The second kappa shape index (κ2) is 3.73. The van der Waals surface area contributed by atoms with Gasteiger partial charge in [0.1, 0.15) is 5.69 Å². The number of aryl methyl sites for hydroxylation is 1. The Hall–Kier alpha value is -1.12. The Bertz CT molecular complexity index is 313. The summed E-state index contributed by atoms with van der Waals surface area (Å²) >= 11 is 0. The second-order valence-electron chi connectivity index (χ2n) is 3.80. The molecule has 0 spiro atoms. The van der Waals surface area contributed by atoms with E-state index in [4.69, 9.17) is 0 Å². The molecule has 0 atom stereocenters. The second-order valence-corrected chi connectivity index (χ2v) is 3.80. The summed E-state index contributed by atoms with van der Waals surface area (Å²) in [6, 6.07) is 1.88. The minimum atomic E-state index is 0.0741. The number of carbonyl (C=O) groups excluding carboxylic acids is 1. The maximum Gasteiger partial charge on any atom is 0.177 e. The number of hydrogen-bond donors (Lipinski definition) is 0. The van der Waals surface area contributed by atoms with Crippen LogP contribution in [0.4, 0.5) is 0 Å². The monoisotopic (exact) mass is 180 g/mol. The molecule has 0 aliphatic rings. The highest BCUT2D eigenvalue weighted by atomic mass is 16.1. The van der Waals surface area contributed by atoms with Crippen LogP contribution in [0.1, 0.15) is 37.0 Å². The number of ketones is 1. The highest BCUT2D eigenvalue weighted by Crippen LogP contribution is 2.08. The van der Waals surface area contributed by atoms with Crippen LogP contribution in [0.3, 0.4) is 0 Å². The summed E-state index contributed by atoms with van der Waals surface area (Å²) in [6.45, 7) is 5.85. The lowest BCUT2D eigenvalue weighted by Gasteiger charge is -1.98. The Morgan fingerprint density at radius 1 is 1.62 bits per heavy atom. The Morgan fingerprint density at radius 3 is 2.62 bits per heavy atom. The lowest BCUT2D eigenvalue weighted by atomic mass is 10.1. The summed E-state index contributed by atoms with van der Waals surface area (Å²) in [4.78, 5) is 11.1. The zero-order valence-electron chi connectivity index (χ0n) is 8.66. The van der Waals surface area contributed by atoms with E-state index < -0.39 is 0 Å². The van der Waals surface area contributed by atoms with Gasteiger partial charge in [0.25, 0.3) is 0 Å². The van der Waals surface area contributed by atoms with Crippen LogP contribution in [0, 0.1) is 5.92 Å². The molecule has 72 valence electrons. The fourth-order valence-corrected chi connectivity index (χ4v) is 1.37. The van der Waals surface area contributed by atoms with Crippen LogP contribution < -0.4 is 0 Å². The maximum absolute atomic E-state index is 11.1. The van der Waals surface area contributed by atoms with E-state index in [1.54, 1.807) is 18.7 Å². The van der Waals surface area contributed by atoms with Gasteiger partial charge in [0.15, 0.2) is 5.78 Å². The summed E-state index contributed by atoms with van der Waals surface area (Å²) in [5.74, 6) is 0.653. The molecule has 0 bridgehead atoms. The number of Topliss-reactive ketones (excluding diaryl/α,β-unsaturated/α-hetero) is 1. The highest BCUT2D eigenvalue weighted by molar-refractivity contribution is 5.92. The Balaban J connectivity index is 2.89. The molecule has 0 aliphatic carbocycles. The molecule has 3 nitrogen and oxygen atoms in total. The number of nitrogens with zero attached hydrogens (tertiary/aromatic N) is 2. The van der Waals surface area contributed by atoms with Crippen molar-refractivity contribution in [1.29, 1.82) is 0 Å². The van der Waals surface area contributed by atoms with Gasteiger partial charge in [-0.15, -0.1) is 0 Å². The number of aromatic nitrogens is 2. The molecule has 0 saturated heterocycles. The summed E-state index contributed by atoms with van der Waals surface area (Å²) in [7, 11) is 1.81. The summed E-state index contributed by atoms with van der Waals surface area (Å²) in [6.07, 6.45) is 0.932. The van der Waals surface area contributed by atoms with Crippen molar-refractivity contribution >= 4 is 5.78 Å². The van der Waals surface area contributed by atoms with Crippen LogP contribution >= 0.6 is 0 Å². The molecule has 13 heavy (non-hydrogen) atoms. The maximum atomic E-state index is 11.1. The van der Waals surface area contributed by atoms with Crippen LogP contribution in [-0.4, -0.2) is 15.6 Å². The number of carbonyl (C=O) groups is 1. The normalized spacial score (nSPS) is 10.8. The van der Waals surface area contributed by atoms with Gasteiger partial charge in [-0.2, -0.15) is 5.10 Å². The highest BCUT2D eigenvalue weighted by Gasteiger charge is 2.09. The van der Waals surface area contributed by atoms with Gasteiger partial charge in [0, 0.05) is 14.0 Å². The first kappa shape index (κ1) is 9.96. The van der Waals surface area contributed by atoms with Crippen molar-refractivity contribution in [3.05, 3.63) is 17.5 Å². The lowest BCUT2D eigenvalue weighted by molar-refractivity contribution is 0.100. The third kappa shape index (κ3) is 2.41. The average Bonchev–Trinajstić information content (AvgIpc) is 2.29. The van der Waals surface area contributed by atoms with Crippen molar-refractivity contribution in [3.63, 3.8) is 0 Å². The quantitative estimate of drug-likeness (QED) is 0.665. The van der Waals surface area contributed by atoms with Gasteiger partial charge in [-0.1, -0.05) is 13.8 Å². The van der Waals surface area contributed by atoms with Crippen LogP contribution in [0.5, 0.6) is 0 Å². The topological polar surface area (TPSA) is 34.9 Å². The third-order valence-electron chi connectivity index (χ3n) is 1.91. The Kier molecular flexibility index (Phi) is 2.86. The molecule has 0 unspecified atom stereocenters. The van der Waals surface area contributed by atoms with E-state index in [2.05, 4.69) is 18.9 Å². The number of rotatable bonds is 3. The Labute approximate surface area is 78.8 Å². The molecule has 0 saturated carbocycles. The Morgan fingerprint density at radius 2 is 2.23 bits per heavy atom. The van der Waals surface area contributed by atoms with Gasteiger partial charge in [0.2, 0.25) is 0 Å². The molecule has 0 aromatic carbocycles. The molecule has 0 amide bonds. The largest absolute Gasteiger partial charge is 0.293 e. The van der Waals surface area contributed by atoms with Gasteiger partial charge in [-0.25, -0.2) is 0 Å². The van der Waals surface area contributed by atoms with E-state index in [0.29, 0.717) is 11.6 Å². The van der Waals surface area contributed by atoms with Crippen molar-refractivity contribution in [3.8, 4) is 0 Å². The summed E-state index contributed by atoms with van der Waals surface area (Å²) < 4.78 is 1.65. The van der Waals surface area contributed by atoms with Gasteiger partial charge in [-0.3, -0.25) is 9.48 Å². The minimum Gasteiger partial charge on any atom is -0.293 e. The van der Waals surface area contributed by atoms with Crippen LogP contribution in [0.25, 0.3) is 0 Å². The van der Waals surface area contributed by atoms with E-state index in [-0.39, 0.29) is 5.78 Å². The molecule has 3 heteroatoms. The third-order valence-corrected chi connectivity index (χ3v) is 1.91. The predicted octanol–water partition coefficient (Wildman–Crippen LogP) is 1.82. The average molecular weight is 180 g/mol. The van der Waals surface area contributed by atoms with Crippen molar-refractivity contribution in [2.24, 2.45) is 13.0 Å². The van der Waals surface area contributed by atoms with E-state index >= 15 is 0 Å². The van der Waals surface area contributed by atoms with E-state index in [1.807, 2.05) is 6.07 Å². The van der Waals surface area contributed by atoms with Crippen LogP contribution in [0.2, 0.25) is 0 Å². The fourth-order valence-electron chi connectivity index (χ4n) is 1.37. The molecule has 1 heterocycles. The van der Waals surface area contributed by atoms with Crippen LogP contribution in [0.15, 0.2) is 6.07 Å². The molecule has 1 aromatic rings. The lowest BCUT2D eigenvalue weighted by Crippen LogP contribution is -2.02. The first-order valence-corrected chi connectivity index (χ1v) is 4.54. The van der Waals surface area contributed by atoms with Crippen LogP contribution in [-0.2, 0) is 13.5 Å². The summed E-state index contributed by atoms with van der Waals surface area (Å²) in [5.41, 5.74) is 1.69. The van der Waals surface area contributed by atoms with Gasteiger partial charge in [-0.05, 0) is 18.4 Å². The molecule has 0 N–H and O–H groups in total. The van der Waals surface area contributed by atoms with Crippen molar-refractivity contribution in [2.75, 3.05) is 0 Å². The van der Waals surface area contributed by atoms with Gasteiger partial charge in [0.05, 0.1) is 5.69 Å². The van der Waals surface area contributed by atoms with Gasteiger partial charge < -0.3 is 0 Å². The molecular formula is C10H16N2O. The van der Waals surface area contributed by atoms with E-state index in [1.165, 1.54) is 0 Å². The first-order chi connectivity index (χ1) is 6.00. The standard InChI is InChI=1S/C10H16N2O/c1-7(2)5-9-6-10(8(3)13)12(4)11-9/h6-7H,5H2,1-4H3. The SMILES string of the molecule is CC(=O)c1cc(CC(C)C)nn1C. The zero-order chi connectivity index (χ0) is 10.0. The van der Waals surface area contributed by atoms with Crippen molar-refractivity contribution in [1.82, 2.24) is 9.78 Å². The summed E-state index contributed by atoms with van der Waals surface area (Å²) in [5, 5.41) is 4.27. The smallest absolute Gasteiger partial charge is 0.177 e. The first-order valence-electron chi connectivity index (χ1n) is 4.54. The number of hydrogen-bond acceptors (Lipinski definition) is 2. The predicted molar refractivity (Wildman–Crippen MR) is 51.8 cm³/mol. The molecular weight excluding hydrogens is 164 g/mol. The van der Waals surface area contributed by atoms with Crippen molar-refractivity contribution < 1.29 is 4.79 Å². The zero-order valence-corrected chi connectivity index (χ0v) is 8.66.